The van der Waals surface area contributed by atoms with Crippen LogP contribution in [-0.4, -0.2) is 15.0 Å². The van der Waals surface area contributed by atoms with Crippen LogP contribution in [0.2, 0.25) is 0 Å². The molecule has 0 fully saturated rings. The summed E-state index contributed by atoms with van der Waals surface area (Å²) in [5.74, 6) is 2.48. The number of nitrogens with zero attached hydrogens (tertiary/aromatic N) is 3. The largest absolute Gasteiger partial charge is 0.457 e. The Hall–Kier alpha value is -8.47. The molecule has 298 valence electrons. The summed E-state index contributed by atoms with van der Waals surface area (Å²) in [4.78, 5) is 15.5. The highest BCUT2D eigenvalue weighted by Crippen LogP contribution is 2.63. The lowest BCUT2D eigenvalue weighted by atomic mass is 9.66. The number of hydrogen-bond acceptors (Lipinski definition) is 4. The molecule has 0 radical (unpaired) electrons. The highest BCUT2D eigenvalue weighted by molar-refractivity contribution is 6.19. The Bertz CT molecular complexity index is 3530. The summed E-state index contributed by atoms with van der Waals surface area (Å²) < 4.78 is 6.63. The van der Waals surface area contributed by atoms with E-state index in [4.69, 9.17) is 19.7 Å². The van der Waals surface area contributed by atoms with Gasteiger partial charge in [-0.25, -0.2) is 15.0 Å². The average molecular weight is 816 g/mol. The molecule has 3 heterocycles. The zero-order valence-electron chi connectivity index (χ0n) is 34.6. The molecule has 9 aromatic carbocycles. The van der Waals surface area contributed by atoms with E-state index in [0.717, 1.165) is 89.4 Å². The Balaban J connectivity index is 0.955. The number of para-hydroxylation sites is 3. The smallest absolute Gasteiger partial charge is 0.160 e. The Morgan fingerprint density at radius 1 is 0.344 bits per heavy atom. The molecule has 1 spiro atoms. The lowest BCUT2D eigenvalue weighted by Crippen LogP contribution is -2.32. The number of benzene rings is 9. The fourth-order valence-electron chi connectivity index (χ4n) is 10.4. The molecule has 0 bridgehead atoms. The van der Waals surface area contributed by atoms with Crippen molar-refractivity contribution in [1.29, 1.82) is 0 Å². The van der Waals surface area contributed by atoms with E-state index < -0.39 is 5.41 Å². The summed E-state index contributed by atoms with van der Waals surface area (Å²) in [5.41, 5.74) is 16.8. The molecule has 2 aliphatic rings. The van der Waals surface area contributed by atoms with Gasteiger partial charge in [0.05, 0.1) is 28.0 Å². The molecule has 2 aromatic heterocycles. The van der Waals surface area contributed by atoms with Crippen molar-refractivity contribution in [1.82, 2.24) is 15.0 Å². The second kappa shape index (κ2) is 14.3. The topological polar surface area (TPSA) is 47.9 Å². The van der Waals surface area contributed by atoms with Gasteiger partial charge >= 0.3 is 0 Å². The second-order valence-corrected chi connectivity index (χ2v) is 16.6. The van der Waals surface area contributed by atoms with Crippen LogP contribution < -0.4 is 4.74 Å². The number of pyridine rings is 1. The van der Waals surface area contributed by atoms with E-state index in [-0.39, 0.29) is 0 Å². The Labute approximate surface area is 370 Å². The predicted octanol–water partition coefficient (Wildman–Crippen LogP) is 15.0. The normalized spacial score (nSPS) is 12.9. The first-order valence-corrected chi connectivity index (χ1v) is 21.8. The average Bonchev–Trinajstić information content (AvgIpc) is 3.67. The maximum Gasteiger partial charge on any atom is 0.160 e. The number of rotatable bonds is 5. The minimum Gasteiger partial charge on any atom is -0.457 e. The van der Waals surface area contributed by atoms with Crippen molar-refractivity contribution >= 4 is 21.7 Å². The van der Waals surface area contributed by atoms with Crippen molar-refractivity contribution in [3.63, 3.8) is 0 Å². The predicted molar refractivity (Wildman–Crippen MR) is 259 cm³/mol. The summed E-state index contributed by atoms with van der Waals surface area (Å²) in [7, 11) is 0. The fraction of sp³-hybridized carbons (Fsp3) is 0.0167. The van der Waals surface area contributed by atoms with Crippen molar-refractivity contribution in [3.05, 3.63) is 247 Å². The van der Waals surface area contributed by atoms with E-state index in [2.05, 4.69) is 188 Å². The van der Waals surface area contributed by atoms with Gasteiger partial charge in [0.25, 0.3) is 0 Å². The van der Waals surface area contributed by atoms with E-state index in [1.54, 1.807) is 0 Å². The standard InChI is InChI=1S/C60H37N3O/c1-3-16-39(17-4-1)52-37-53(63-59(62-52)41-18-5-2-6-19-41)43-21-15-20-42(36-43)38-30-32-40(33-31-38)58-46-34-35-50-57(56(46)45-23-8-12-27-51(45)61-58)44-22-7-9-24-47(44)60(50)48-25-10-13-28-54(48)64-55-29-14-11-26-49(55)60/h1-37H. The maximum absolute atomic E-state index is 6.63. The highest BCUT2D eigenvalue weighted by Gasteiger charge is 2.51. The summed E-state index contributed by atoms with van der Waals surface area (Å²) in [6.45, 7) is 0. The zero-order chi connectivity index (χ0) is 42.2. The van der Waals surface area contributed by atoms with Crippen LogP contribution in [0.1, 0.15) is 22.3 Å². The molecule has 0 unspecified atom stereocenters. The number of aromatic nitrogens is 3. The maximum atomic E-state index is 6.63. The third-order valence-electron chi connectivity index (χ3n) is 13.2. The Morgan fingerprint density at radius 3 is 1.67 bits per heavy atom. The van der Waals surface area contributed by atoms with Gasteiger partial charge in [-0.1, -0.05) is 194 Å². The van der Waals surface area contributed by atoms with Gasteiger partial charge in [-0.3, -0.25) is 0 Å². The van der Waals surface area contributed by atoms with Crippen LogP contribution in [0, 0.1) is 0 Å². The lowest BCUT2D eigenvalue weighted by Gasteiger charge is -2.39. The first kappa shape index (κ1) is 36.2. The van der Waals surface area contributed by atoms with Gasteiger partial charge in [0.1, 0.15) is 11.5 Å². The molecular weight excluding hydrogens is 779 g/mol. The monoisotopic (exact) mass is 815 g/mol. The molecule has 0 N–H and O–H groups in total. The zero-order valence-corrected chi connectivity index (χ0v) is 34.6. The lowest BCUT2D eigenvalue weighted by molar-refractivity contribution is 0.436. The molecule has 0 saturated heterocycles. The van der Waals surface area contributed by atoms with Crippen LogP contribution in [-0.2, 0) is 5.41 Å². The summed E-state index contributed by atoms with van der Waals surface area (Å²) in [5, 5.41) is 3.48. The van der Waals surface area contributed by atoms with Crippen LogP contribution in [0.4, 0.5) is 0 Å². The van der Waals surface area contributed by atoms with E-state index in [0.29, 0.717) is 5.82 Å². The SMILES string of the molecule is c1ccc(-c2cc(-c3cccc(-c4ccc(-c5nc6ccccc6c6c7c(ccc56)C5(c6ccccc6Oc6ccccc65)c5ccccc5-7)cc4)c3)nc(-c3ccccc3)n2)cc1. The van der Waals surface area contributed by atoms with Crippen molar-refractivity contribution < 1.29 is 4.74 Å². The van der Waals surface area contributed by atoms with Gasteiger partial charge in [0, 0.05) is 49.5 Å². The highest BCUT2D eigenvalue weighted by atomic mass is 16.5. The minimum absolute atomic E-state index is 0.551. The Morgan fingerprint density at radius 2 is 0.922 bits per heavy atom. The van der Waals surface area contributed by atoms with Crippen LogP contribution in [0.25, 0.3) is 89.1 Å². The van der Waals surface area contributed by atoms with Crippen molar-refractivity contribution in [2.75, 3.05) is 0 Å². The number of fused-ring (bicyclic) bond motifs is 13. The van der Waals surface area contributed by atoms with Gasteiger partial charge in [0.15, 0.2) is 5.82 Å². The fourth-order valence-corrected chi connectivity index (χ4v) is 10.4. The molecule has 4 heteroatoms. The molecule has 1 aliphatic carbocycles. The number of hydrogen-bond donors (Lipinski definition) is 0. The summed E-state index contributed by atoms with van der Waals surface area (Å²) in [6, 6.07) is 79.5. The molecule has 0 atom stereocenters. The second-order valence-electron chi connectivity index (χ2n) is 16.6. The number of ether oxygens (including phenoxy) is 1. The van der Waals surface area contributed by atoms with Crippen molar-refractivity contribution in [2.24, 2.45) is 0 Å². The van der Waals surface area contributed by atoms with Crippen molar-refractivity contribution in [3.8, 4) is 78.9 Å². The van der Waals surface area contributed by atoms with Gasteiger partial charge in [0.2, 0.25) is 0 Å². The molecule has 4 nitrogen and oxygen atoms in total. The van der Waals surface area contributed by atoms with Crippen LogP contribution in [0.5, 0.6) is 11.5 Å². The first-order valence-electron chi connectivity index (χ1n) is 21.8. The summed E-state index contributed by atoms with van der Waals surface area (Å²) in [6.07, 6.45) is 0. The summed E-state index contributed by atoms with van der Waals surface area (Å²) >= 11 is 0. The van der Waals surface area contributed by atoms with Gasteiger partial charge in [-0.15, -0.1) is 0 Å². The van der Waals surface area contributed by atoms with E-state index >= 15 is 0 Å². The Kier molecular flexibility index (Phi) is 8.09. The molecule has 0 amide bonds. The third kappa shape index (κ3) is 5.46. The van der Waals surface area contributed by atoms with Crippen LogP contribution >= 0.6 is 0 Å². The van der Waals surface area contributed by atoms with Gasteiger partial charge in [-0.05, 0) is 63.7 Å². The molecule has 11 aromatic rings. The van der Waals surface area contributed by atoms with E-state index in [1.807, 2.05) is 36.4 Å². The molecule has 13 rings (SSSR count). The quantitative estimate of drug-likeness (QED) is 0.162. The van der Waals surface area contributed by atoms with Crippen LogP contribution in [0.3, 0.4) is 0 Å². The first-order chi connectivity index (χ1) is 31.7. The van der Waals surface area contributed by atoms with E-state index in [1.165, 1.54) is 27.6 Å². The van der Waals surface area contributed by atoms with E-state index in [9.17, 15) is 0 Å². The molecule has 1 aliphatic heterocycles. The third-order valence-corrected chi connectivity index (χ3v) is 13.2. The van der Waals surface area contributed by atoms with Crippen LogP contribution in [0.15, 0.2) is 224 Å². The molecule has 64 heavy (non-hydrogen) atoms. The van der Waals surface area contributed by atoms with Gasteiger partial charge in [-0.2, -0.15) is 0 Å². The van der Waals surface area contributed by atoms with Gasteiger partial charge < -0.3 is 4.74 Å². The minimum atomic E-state index is -0.551. The van der Waals surface area contributed by atoms with Crippen molar-refractivity contribution in [2.45, 2.75) is 5.41 Å². The molecular formula is C60H37N3O. The molecule has 0 saturated carbocycles.